The average Bonchev–Trinajstić information content (AvgIpc) is 2.20. The molecule has 1 unspecified atom stereocenters. The molecule has 88 valence electrons. The lowest BCUT2D eigenvalue weighted by atomic mass is 10.2. The number of hydrogen-bond acceptors (Lipinski definition) is 4. The van der Waals surface area contributed by atoms with Crippen molar-refractivity contribution in [1.82, 2.24) is 5.32 Å². The molecule has 0 fully saturated rings. The molecule has 0 aliphatic heterocycles. The van der Waals surface area contributed by atoms with Gasteiger partial charge in [0, 0.05) is 26.6 Å². The van der Waals surface area contributed by atoms with Gasteiger partial charge in [0.15, 0.2) is 0 Å². The van der Waals surface area contributed by atoms with E-state index in [1.54, 1.807) is 0 Å². The number of nitrogens with two attached hydrogens (primary N) is 1. The van der Waals surface area contributed by atoms with Crippen LogP contribution in [0.15, 0.2) is 0 Å². The van der Waals surface area contributed by atoms with Crippen molar-refractivity contribution in [2.45, 2.75) is 25.3 Å². The molecule has 1 atom stereocenters. The zero-order valence-corrected chi connectivity index (χ0v) is 8.86. The van der Waals surface area contributed by atoms with Gasteiger partial charge in [-0.2, -0.15) is 0 Å². The second kappa shape index (κ2) is 8.19. The molecule has 0 saturated heterocycles. The molecule has 0 heterocycles. The van der Waals surface area contributed by atoms with Crippen LogP contribution < -0.4 is 11.1 Å². The van der Waals surface area contributed by atoms with Gasteiger partial charge in [-0.05, 0) is 13.0 Å². The molecule has 15 heavy (non-hydrogen) atoms. The number of ether oxygens (including phenoxy) is 1. The fourth-order valence-electron chi connectivity index (χ4n) is 1.02. The molecule has 0 aliphatic rings. The van der Waals surface area contributed by atoms with Crippen molar-refractivity contribution >= 4 is 11.9 Å². The average molecular weight is 218 g/mol. The van der Waals surface area contributed by atoms with E-state index in [1.807, 2.05) is 0 Å². The zero-order valence-electron chi connectivity index (χ0n) is 8.86. The standard InChI is InChI=1S/C9H18N2O4/c1-15-6-4-7(9(13)14)11-8(12)3-2-5-10/h7H,2-6,10H2,1H3,(H,11,12)(H,13,14). The highest BCUT2D eigenvalue weighted by Crippen LogP contribution is 1.95. The highest BCUT2D eigenvalue weighted by molar-refractivity contribution is 5.83. The summed E-state index contributed by atoms with van der Waals surface area (Å²) in [5.41, 5.74) is 5.23. The molecule has 6 heteroatoms. The second-order valence-corrected chi connectivity index (χ2v) is 3.13. The van der Waals surface area contributed by atoms with E-state index in [0.29, 0.717) is 19.6 Å². The van der Waals surface area contributed by atoms with Crippen LogP contribution in [0.4, 0.5) is 0 Å². The van der Waals surface area contributed by atoms with E-state index in [-0.39, 0.29) is 18.7 Å². The van der Waals surface area contributed by atoms with Gasteiger partial charge in [-0.25, -0.2) is 4.79 Å². The Hall–Kier alpha value is -1.14. The Labute approximate surface area is 88.8 Å². The molecule has 0 aliphatic carbocycles. The summed E-state index contributed by atoms with van der Waals surface area (Å²) in [6.45, 7) is 0.720. The van der Waals surface area contributed by atoms with Crippen LogP contribution in [-0.4, -0.2) is 43.3 Å². The molecule has 4 N–H and O–H groups in total. The van der Waals surface area contributed by atoms with Crippen molar-refractivity contribution < 1.29 is 19.4 Å². The molecule has 0 saturated carbocycles. The van der Waals surface area contributed by atoms with Crippen molar-refractivity contribution in [3.05, 3.63) is 0 Å². The van der Waals surface area contributed by atoms with Gasteiger partial charge in [0.2, 0.25) is 5.91 Å². The highest BCUT2D eigenvalue weighted by atomic mass is 16.5. The van der Waals surface area contributed by atoms with E-state index in [0.717, 1.165) is 0 Å². The maximum Gasteiger partial charge on any atom is 0.326 e. The van der Waals surface area contributed by atoms with Crippen LogP contribution in [0.1, 0.15) is 19.3 Å². The minimum absolute atomic E-state index is 0.257. The third kappa shape index (κ3) is 6.87. The number of carbonyl (C=O) groups excluding carboxylic acids is 1. The Kier molecular flexibility index (Phi) is 7.57. The van der Waals surface area contributed by atoms with Gasteiger partial charge >= 0.3 is 5.97 Å². The Morgan fingerprint density at radius 3 is 2.67 bits per heavy atom. The number of aliphatic carboxylic acids is 1. The molecule has 0 spiro atoms. The molecule has 0 aromatic carbocycles. The minimum Gasteiger partial charge on any atom is -0.480 e. The molecular formula is C9H18N2O4. The molecular weight excluding hydrogens is 200 g/mol. The second-order valence-electron chi connectivity index (χ2n) is 3.13. The van der Waals surface area contributed by atoms with Gasteiger partial charge in [-0.15, -0.1) is 0 Å². The normalized spacial score (nSPS) is 12.1. The fourth-order valence-corrected chi connectivity index (χ4v) is 1.02. The molecule has 0 aromatic heterocycles. The number of carboxylic acids is 1. The number of hydrogen-bond donors (Lipinski definition) is 3. The van der Waals surface area contributed by atoms with Gasteiger partial charge in [0.25, 0.3) is 0 Å². The fraction of sp³-hybridized carbons (Fsp3) is 0.778. The number of carboxylic acid groups (broad SMARTS) is 1. The zero-order chi connectivity index (χ0) is 11.7. The molecule has 6 nitrogen and oxygen atoms in total. The smallest absolute Gasteiger partial charge is 0.326 e. The summed E-state index contributed by atoms with van der Waals surface area (Å²) in [6, 6.07) is -0.879. The first-order chi connectivity index (χ1) is 7.11. The lowest BCUT2D eigenvalue weighted by Crippen LogP contribution is -2.41. The molecule has 1 amide bonds. The monoisotopic (exact) mass is 218 g/mol. The number of nitrogens with one attached hydrogen (secondary N) is 1. The van der Waals surface area contributed by atoms with Crippen molar-refractivity contribution in [3.63, 3.8) is 0 Å². The first kappa shape index (κ1) is 13.9. The predicted molar refractivity (Wildman–Crippen MR) is 54.3 cm³/mol. The number of amides is 1. The predicted octanol–water partition coefficient (Wildman–Crippen LogP) is -0.669. The summed E-state index contributed by atoms with van der Waals surface area (Å²) in [4.78, 5) is 21.9. The van der Waals surface area contributed by atoms with Crippen LogP contribution in [0.25, 0.3) is 0 Å². The van der Waals surface area contributed by atoms with Gasteiger partial charge in [-0.1, -0.05) is 0 Å². The lowest BCUT2D eigenvalue weighted by molar-refractivity contribution is -0.142. The molecule has 0 radical (unpaired) electrons. The van der Waals surface area contributed by atoms with Crippen molar-refractivity contribution in [2.75, 3.05) is 20.3 Å². The Balaban J connectivity index is 3.93. The summed E-state index contributed by atoms with van der Waals surface area (Å²) in [7, 11) is 1.48. The summed E-state index contributed by atoms with van der Waals surface area (Å²) in [5, 5.41) is 11.2. The number of methoxy groups -OCH3 is 1. The Morgan fingerprint density at radius 1 is 1.53 bits per heavy atom. The van der Waals surface area contributed by atoms with Crippen molar-refractivity contribution in [3.8, 4) is 0 Å². The van der Waals surface area contributed by atoms with E-state index in [2.05, 4.69) is 5.32 Å². The quantitative estimate of drug-likeness (QED) is 0.501. The van der Waals surface area contributed by atoms with Gasteiger partial charge < -0.3 is 20.9 Å². The number of rotatable bonds is 8. The first-order valence-corrected chi connectivity index (χ1v) is 4.83. The third-order valence-electron chi connectivity index (χ3n) is 1.85. The minimum atomic E-state index is -1.05. The molecule has 0 bridgehead atoms. The highest BCUT2D eigenvalue weighted by Gasteiger charge is 2.18. The van der Waals surface area contributed by atoms with Crippen LogP contribution in [0.2, 0.25) is 0 Å². The van der Waals surface area contributed by atoms with Gasteiger partial charge in [0.05, 0.1) is 0 Å². The summed E-state index contributed by atoms with van der Waals surface area (Å²) < 4.78 is 4.75. The molecule has 0 rings (SSSR count). The summed E-state index contributed by atoms with van der Waals surface area (Å²) >= 11 is 0. The summed E-state index contributed by atoms with van der Waals surface area (Å²) in [6.07, 6.45) is 1.08. The van der Waals surface area contributed by atoms with E-state index in [4.69, 9.17) is 15.6 Å². The van der Waals surface area contributed by atoms with E-state index in [1.165, 1.54) is 7.11 Å². The first-order valence-electron chi connectivity index (χ1n) is 4.83. The van der Waals surface area contributed by atoms with E-state index >= 15 is 0 Å². The summed E-state index contributed by atoms with van der Waals surface area (Å²) in [5.74, 6) is -1.34. The van der Waals surface area contributed by atoms with Gasteiger partial charge in [0.1, 0.15) is 6.04 Å². The Bertz CT molecular complexity index is 208. The van der Waals surface area contributed by atoms with Gasteiger partial charge in [-0.3, -0.25) is 4.79 Å². The van der Waals surface area contributed by atoms with Crippen LogP contribution >= 0.6 is 0 Å². The van der Waals surface area contributed by atoms with Crippen LogP contribution in [-0.2, 0) is 14.3 Å². The lowest BCUT2D eigenvalue weighted by Gasteiger charge is -2.13. The Morgan fingerprint density at radius 2 is 2.20 bits per heavy atom. The van der Waals surface area contributed by atoms with Crippen LogP contribution in [0, 0.1) is 0 Å². The number of carbonyl (C=O) groups is 2. The van der Waals surface area contributed by atoms with Crippen molar-refractivity contribution in [2.24, 2.45) is 5.73 Å². The molecule has 0 aromatic rings. The maximum absolute atomic E-state index is 11.2. The van der Waals surface area contributed by atoms with Crippen LogP contribution in [0.3, 0.4) is 0 Å². The SMILES string of the molecule is COCCC(NC(=O)CCCN)C(=O)O. The van der Waals surface area contributed by atoms with E-state index < -0.39 is 12.0 Å². The van der Waals surface area contributed by atoms with Crippen molar-refractivity contribution in [1.29, 1.82) is 0 Å². The maximum atomic E-state index is 11.2. The topological polar surface area (TPSA) is 102 Å². The largest absolute Gasteiger partial charge is 0.480 e. The third-order valence-corrected chi connectivity index (χ3v) is 1.85. The van der Waals surface area contributed by atoms with E-state index in [9.17, 15) is 9.59 Å². The van der Waals surface area contributed by atoms with Crippen LogP contribution in [0.5, 0.6) is 0 Å².